The van der Waals surface area contributed by atoms with E-state index in [1.165, 1.54) is 17.0 Å². The van der Waals surface area contributed by atoms with E-state index in [9.17, 15) is 14.0 Å². The fraction of sp³-hybridized carbons (Fsp3) is 0.333. The number of carbonyl (C=O) groups is 2. The first kappa shape index (κ1) is 25.0. The lowest BCUT2D eigenvalue weighted by molar-refractivity contribution is -0.133. The van der Waals surface area contributed by atoms with Crippen molar-refractivity contribution in [2.45, 2.75) is 47.2 Å². The fourth-order valence-corrected chi connectivity index (χ4v) is 3.73. The van der Waals surface area contributed by atoms with E-state index in [4.69, 9.17) is 4.42 Å². The second-order valence-electron chi connectivity index (χ2n) is 8.56. The molecule has 0 aliphatic rings. The van der Waals surface area contributed by atoms with Crippen molar-refractivity contribution in [3.63, 3.8) is 0 Å². The van der Waals surface area contributed by atoms with Crippen LogP contribution in [0.1, 0.15) is 41.6 Å². The van der Waals surface area contributed by atoms with Crippen molar-refractivity contribution in [1.82, 2.24) is 9.80 Å². The van der Waals surface area contributed by atoms with Gasteiger partial charge in [0.25, 0.3) is 0 Å². The van der Waals surface area contributed by atoms with Crippen molar-refractivity contribution >= 4 is 17.6 Å². The first-order valence-corrected chi connectivity index (χ1v) is 11.5. The molecule has 0 bridgehead atoms. The van der Waals surface area contributed by atoms with Crippen LogP contribution in [0, 0.1) is 26.6 Å². The summed E-state index contributed by atoms with van der Waals surface area (Å²) in [7, 11) is 0. The molecule has 7 heteroatoms. The summed E-state index contributed by atoms with van der Waals surface area (Å²) in [6, 6.07) is 15.2. The number of aryl methyl sites for hydroxylation is 3. The molecule has 0 fully saturated rings. The van der Waals surface area contributed by atoms with Gasteiger partial charge in [0, 0.05) is 18.8 Å². The zero-order valence-electron chi connectivity index (χ0n) is 20.2. The van der Waals surface area contributed by atoms with Gasteiger partial charge in [-0.15, -0.1) is 0 Å². The standard InChI is InChI=1S/C27H32FN3O3/c1-5-14-30(27(33)29-25-13-6-19(2)15-20(25)3)18-26(32)31(17-24-12-7-21(4)34-24)16-22-8-10-23(28)11-9-22/h6-13,15H,5,14,16-18H2,1-4H3,(H,29,33). The molecule has 0 saturated carbocycles. The third-order valence-corrected chi connectivity index (χ3v) is 5.51. The molecule has 0 unspecified atom stereocenters. The first-order valence-electron chi connectivity index (χ1n) is 11.5. The number of hydrogen-bond acceptors (Lipinski definition) is 3. The Labute approximate surface area is 200 Å². The normalized spacial score (nSPS) is 10.7. The van der Waals surface area contributed by atoms with Crippen LogP contribution in [0.25, 0.3) is 0 Å². The van der Waals surface area contributed by atoms with Gasteiger partial charge in [0.15, 0.2) is 0 Å². The highest BCUT2D eigenvalue weighted by atomic mass is 19.1. The number of benzene rings is 2. The van der Waals surface area contributed by atoms with Gasteiger partial charge in [-0.2, -0.15) is 0 Å². The number of urea groups is 1. The Balaban J connectivity index is 1.76. The number of anilines is 1. The maximum absolute atomic E-state index is 13.4. The Kier molecular flexibility index (Phi) is 8.46. The Morgan fingerprint density at radius 2 is 1.68 bits per heavy atom. The fourth-order valence-electron chi connectivity index (χ4n) is 3.73. The van der Waals surface area contributed by atoms with Crippen molar-refractivity contribution in [3.05, 3.63) is 88.6 Å². The van der Waals surface area contributed by atoms with Crippen molar-refractivity contribution in [2.75, 3.05) is 18.4 Å². The van der Waals surface area contributed by atoms with Crippen LogP contribution in [0.15, 0.2) is 59.0 Å². The molecule has 2 aromatic carbocycles. The third-order valence-electron chi connectivity index (χ3n) is 5.51. The van der Waals surface area contributed by atoms with Gasteiger partial charge in [-0.25, -0.2) is 9.18 Å². The Morgan fingerprint density at radius 1 is 0.941 bits per heavy atom. The van der Waals surface area contributed by atoms with Crippen molar-refractivity contribution in [1.29, 1.82) is 0 Å². The average Bonchev–Trinajstić information content (AvgIpc) is 3.20. The monoisotopic (exact) mass is 465 g/mol. The molecule has 180 valence electrons. The Bertz CT molecular complexity index is 1120. The van der Waals surface area contributed by atoms with Gasteiger partial charge in [-0.05, 0) is 68.7 Å². The zero-order chi connectivity index (χ0) is 24.7. The van der Waals surface area contributed by atoms with Crippen LogP contribution in [0.3, 0.4) is 0 Å². The zero-order valence-corrected chi connectivity index (χ0v) is 20.2. The lowest BCUT2D eigenvalue weighted by Gasteiger charge is -2.27. The molecule has 0 aliphatic carbocycles. The molecule has 6 nitrogen and oxygen atoms in total. The summed E-state index contributed by atoms with van der Waals surface area (Å²) in [6.45, 7) is 8.63. The lowest BCUT2D eigenvalue weighted by Crippen LogP contribution is -2.44. The average molecular weight is 466 g/mol. The molecule has 1 aromatic heterocycles. The number of hydrogen-bond donors (Lipinski definition) is 1. The van der Waals surface area contributed by atoms with Crippen molar-refractivity contribution in [3.8, 4) is 0 Å². The summed E-state index contributed by atoms with van der Waals surface area (Å²) < 4.78 is 19.0. The van der Waals surface area contributed by atoms with E-state index < -0.39 is 0 Å². The smallest absolute Gasteiger partial charge is 0.322 e. The molecule has 3 aromatic rings. The van der Waals surface area contributed by atoms with Gasteiger partial charge in [-0.1, -0.05) is 36.8 Å². The maximum atomic E-state index is 13.4. The number of halogens is 1. The van der Waals surface area contributed by atoms with E-state index in [1.807, 2.05) is 58.0 Å². The number of rotatable bonds is 9. The van der Waals surface area contributed by atoms with Crippen LogP contribution < -0.4 is 5.32 Å². The largest absolute Gasteiger partial charge is 0.464 e. The summed E-state index contributed by atoms with van der Waals surface area (Å²) in [6.07, 6.45) is 0.711. The summed E-state index contributed by atoms with van der Waals surface area (Å²) in [5, 5.41) is 2.93. The molecule has 0 spiro atoms. The Morgan fingerprint density at radius 3 is 2.29 bits per heavy atom. The minimum Gasteiger partial charge on any atom is -0.464 e. The SMILES string of the molecule is CCCN(CC(=O)N(Cc1ccc(F)cc1)Cc1ccc(C)o1)C(=O)Nc1ccc(C)cc1C. The van der Waals surface area contributed by atoms with E-state index in [1.54, 1.807) is 17.0 Å². The van der Waals surface area contributed by atoms with E-state index >= 15 is 0 Å². The third kappa shape index (κ3) is 6.94. The molecular weight excluding hydrogens is 433 g/mol. The molecule has 0 atom stereocenters. The van der Waals surface area contributed by atoms with Gasteiger partial charge in [0.05, 0.1) is 6.54 Å². The predicted molar refractivity (Wildman–Crippen MR) is 131 cm³/mol. The number of nitrogens with one attached hydrogen (secondary N) is 1. The number of carbonyl (C=O) groups excluding carboxylic acids is 2. The summed E-state index contributed by atoms with van der Waals surface area (Å²) in [4.78, 5) is 29.6. The summed E-state index contributed by atoms with van der Waals surface area (Å²) in [5.74, 6) is 0.849. The molecule has 0 radical (unpaired) electrons. The molecular formula is C27H32FN3O3. The highest BCUT2D eigenvalue weighted by Crippen LogP contribution is 2.18. The highest BCUT2D eigenvalue weighted by Gasteiger charge is 2.23. The van der Waals surface area contributed by atoms with Gasteiger partial charge < -0.3 is 19.5 Å². The first-order chi connectivity index (χ1) is 16.2. The number of furan rings is 1. The van der Waals surface area contributed by atoms with Crippen LogP contribution in [0.4, 0.5) is 14.9 Å². The molecule has 3 amide bonds. The van der Waals surface area contributed by atoms with Crippen molar-refractivity contribution in [2.24, 2.45) is 0 Å². The van der Waals surface area contributed by atoms with E-state index in [2.05, 4.69) is 5.32 Å². The summed E-state index contributed by atoms with van der Waals surface area (Å²) >= 11 is 0. The molecule has 1 N–H and O–H groups in total. The minimum atomic E-state index is -0.333. The van der Waals surface area contributed by atoms with Gasteiger partial charge in [0.2, 0.25) is 5.91 Å². The second kappa shape index (κ2) is 11.5. The molecule has 0 aliphatic heterocycles. The quantitative estimate of drug-likeness (QED) is 0.433. The Hall–Kier alpha value is -3.61. The van der Waals surface area contributed by atoms with Crippen LogP contribution in [0.2, 0.25) is 0 Å². The predicted octanol–water partition coefficient (Wildman–Crippen LogP) is 5.82. The van der Waals surface area contributed by atoms with Gasteiger partial charge in [-0.3, -0.25) is 4.79 Å². The van der Waals surface area contributed by atoms with Gasteiger partial charge in [0.1, 0.15) is 23.9 Å². The van der Waals surface area contributed by atoms with E-state index in [-0.39, 0.29) is 37.4 Å². The topological polar surface area (TPSA) is 65.8 Å². The van der Waals surface area contributed by atoms with E-state index in [0.717, 1.165) is 28.1 Å². The van der Waals surface area contributed by atoms with Crippen LogP contribution in [-0.4, -0.2) is 34.8 Å². The maximum Gasteiger partial charge on any atom is 0.322 e. The van der Waals surface area contributed by atoms with Crippen molar-refractivity contribution < 1.29 is 18.4 Å². The van der Waals surface area contributed by atoms with E-state index in [0.29, 0.717) is 18.7 Å². The van der Waals surface area contributed by atoms with Crippen LogP contribution >= 0.6 is 0 Å². The van der Waals surface area contributed by atoms with Gasteiger partial charge >= 0.3 is 6.03 Å². The molecule has 34 heavy (non-hydrogen) atoms. The number of nitrogens with zero attached hydrogens (tertiary/aromatic N) is 2. The highest BCUT2D eigenvalue weighted by molar-refractivity contribution is 5.93. The van der Waals surface area contributed by atoms with Crippen LogP contribution in [0.5, 0.6) is 0 Å². The molecule has 1 heterocycles. The molecule has 3 rings (SSSR count). The second-order valence-corrected chi connectivity index (χ2v) is 8.56. The molecule has 0 saturated heterocycles. The lowest BCUT2D eigenvalue weighted by atomic mass is 10.1. The summed E-state index contributed by atoms with van der Waals surface area (Å²) in [5.41, 5.74) is 3.58. The van der Waals surface area contributed by atoms with Crippen LogP contribution in [-0.2, 0) is 17.9 Å². The number of amides is 3. The minimum absolute atomic E-state index is 0.0779.